The zero-order valence-corrected chi connectivity index (χ0v) is 12.1. The molecular formula is C15H30N2. The zero-order valence-electron chi connectivity index (χ0n) is 12.1. The predicted octanol–water partition coefficient (Wildman–Crippen LogP) is 2.87. The van der Waals surface area contributed by atoms with E-state index in [9.17, 15) is 0 Å². The van der Waals surface area contributed by atoms with Crippen LogP contribution in [0.15, 0.2) is 0 Å². The molecule has 2 aliphatic rings. The first-order chi connectivity index (χ1) is 7.88. The molecule has 2 N–H and O–H groups in total. The average molecular weight is 238 g/mol. The first kappa shape index (κ1) is 13.4. The van der Waals surface area contributed by atoms with Gasteiger partial charge in [0.25, 0.3) is 0 Å². The van der Waals surface area contributed by atoms with E-state index >= 15 is 0 Å². The van der Waals surface area contributed by atoms with Gasteiger partial charge in [0.2, 0.25) is 0 Å². The minimum atomic E-state index is 0.294. The van der Waals surface area contributed by atoms with Gasteiger partial charge in [0.1, 0.15) is 0 Å². The Hall–Kier alpha value is -0.0800. The SMILES string of the molecule is CC(C)(C)C1CCN(C(C)(CN)C2CC2)CC1. The van der Waals surface area contributed by atoms with Crippen LogP contribution in [0.2, 0.25) is 0 Å². The Bertz CT molecular complexity index is 257. The van der Waals surface area contributed by atoms with Gasteiger partial charge in [-0.3, -0.25) is 4.90 Å². The largest absolute Gasteiger partial charge is 0.329 e. The van der Waals surface area contributed by atoms with Crippen molar-refractivity contribution in [2.45, 2.75) is 58.9 Å². The molecule has 0 radical (unpaired) electrons. The summed E-state index contributed by atoms with van der Waals surface area (Å²) in [5, 5.41) is 0. The van der Waals surface area contributed by atoms with Crippen molar-refractivity contribution in [3.8, 4) is 0 Å². The van der Waals surface area contributed by atoms with Gasteiger partial charge in [-0.2, -0.15) is 0 Å². The van der Waals surface area contributed by atoms with Gasteiger partial charge in [0, 0.05) is 12.1 Å². The van der Waals surface area contributed by atoms with Gasteiger partial charge < -0.3 is 5.73 Å². The molecule has 17 heavy (non-hydrogen) atoms. The van der Waals surface area contributed by atoms with Crippen LogP contribution in [0.4, 0.5) is 0 Å². The second kappa shape index (κ2) is 4.55. The predicted molar refractivity (Wildman–Crippen MR) is 73.9 cm³/mol. The summed E-state index contributed by atoms with van der Waals surface area (Å²) in [5.74, 6) is 1.76. The van der Waals surface area contributed by atoms with Crippen LogP contribution >= 0.6 is 0 Å². The number of nitrogens with two attached hydrogens (primary N) is 1. The van der Waals surface area contributed by atoms with Crippen LogP contribution in [-0.2, 0) is 0 Å². The smallest absolute Gasteiger partial charge is 0.0331 e. The topological polar surface area (TPSA) is 29.3 Å². The van der Waals surface area contributed by atoms with Crippen LogP contribution in [0.1, 0.15) is 53.4 Å². The summed E-state index contributed by atoms with van der Waals surface area (Å²) >= 11 is 0. The molecule has 2 nitrogen and oxygen atoms in total. The van der Waals surface area contributed by atoms with Gasteiger partial charge in [-0.25, -0.2) is 0 Å². The molecule has 0 aromatic heterocycles. The van der Waals surface area contributed by atoms with Crippen molar-refractivity contribution in [2.75, 3.05) is 19.6 Å². The van der Waals surface area contributed by atoms with Crippen molar-refractivity contribution in [1.82, 2.24) is 4.90 Å². The summed E-state index contributed by atoms with van der Waals surface area (Å²) in [4.78, 5) is 2.69. The van der Waals surface area contributed by atoms with Gasteiger partial charge in [0.05, 0.1) is 0 Å². The number of rotatable bonds is 3. The Morgan fingerprint density at radius 3 is 1.82 bits per heavy atom. The molecule has 2 rings (SSSR count). The molecule has 1 aliphatic heterocycles. The van der Waals surface area contributed by atoms with E-state index in [0.29, 0.717) is 11.0 Å². The number of piperidine rings is 1. The van der Waals surface area contributed by atoms with Crippen molar-refractivity contribution < 1.29 is 0 Å². The molecule has 0 bridgehead atoms. The van der Waals surface area contributed by atoms with E-state index in [1.807, 2.05) is 0 Å². The lowest BCUT2D eigenvalue weighted by atomic mass is 9.74. The van der Waals surface area contributed by atoms with Gasteiger partial charge in [-0.05, 0) is 62.9 Å². The average Bonchev–Trinajstić information content (AvgIpc) is 3.11. The molecule has 1 saturated carbocycles. The summed E-state index contributed by atoms with van der Waals surface area (Å²) in [6, 6.07) is 0. The second-order valence-corrected chi connectivity index (χ2v) is 7.46. The molecule has 1 aliphatic carbocycles. The highest BCUT2D eigenvalue weighted by atomic mass is 15.2. The second-order valence-electron chi connectivity index (χ2n) is 7.46. The van der Waals surface area contributed by atoms with E-state index in [0.717, 1.165) is 18.4 Å². The Morgan fingerprint density at radius 1 is 0.941 bits per heavy atom. The summed E-state index contributed by atoms with van der Waals surface area (Å²) in [7, 11) is 0. The fourth-order valence-corrected chi connectivity index (χ4v) is 3.52. The van der Waals surface area contributed by atoms with Crippen molar-refractivity contribution in [3.63, 3.8) is 0 Å². The van der Waals surface area contributed by atoms with Crippen molar-refractivity contribution >= 4 is 0 Å². The number of likely N-dealkylation sites (tertiary alicyclic amines) is 1. The van der Waals surface area contributed by atoms with Crippen molar-refractivity contribution in [2.24, 2.45) is 23.0 Å². The summed E-state index contributed by atoms with van der Waals surface area (Å²) in [6.07, 6.45) is 5.50. The van der Waals surface area contributed by atoms with E-state index in [1.54, 1.807) is 0 Å². The molecule has 0 amide bonds. The monoisotopic (exact) mass is 238 g/mol. The minimum Gasteiger partial charge on any atom is -0.329 e. The fraction of sp³-hybridized carbons (Fsp3) is 1.00. The van der Waals surface area contributed by atoms with Crippen LogP contribution in [0, 0.1) is 17.3 Å². The third-order valence-electron chi connectivity index (χ3n) is 5.31. The van der Waals surface area contributed by atoms with E-state index in [1.165, 1.54) is 38.8 Å². The highest BCUT2D eigenvalue weighted by Crippen LogP contribution is 2.45. The minimum absolute atomic E-state index is 0.294. The summed E-state index contributed by atoms with van der Waals surface area (Å²) in [5.41, 5.74) is 6.83. The molecule has 0 spiro atoms. The normalized spacial score (nSPS) is 28.1. The van der Waals surface area contributed by atoms with E-state index in [4.69, 9.17) is 5.73 Å². The Labute approximate surface area is 107 Å². The molecule has 0 aromatic rings. The first-order valence-corrected chi connectivity index (χ1v) is 7.33. The van der Waals surface area contributed by atoms with E-state index < -0.39 is 0 Å². The lowest BCUT2D eigenvalue weighted by Crippen LogP contribution is -2.56. The van der Waals surface area contributed by atoms with Gasteiger partial charge in [-0.1, -0.05) is 20.8 Å². The van der Waals surface area contributed by atoms with Crippen molar-refractivity contribution in [3.05, 3.63) is 0 Å². The highest BCUT2D eigenvalue weighted by molar-refractivity contribution is 5.01. The molecule has 100 valence electrons. The van der Waals surface area contributed by atoms with Crippen molar-refractivity contribution in [1.29, 1.82) is 0 Å². The lowest BCUT2D eigenvalue weighted by molar-refractivity contribution is 0.0270. The molecule has 0 aromatic carbocycles. The standard InChI is InChI=1S/C15H30N2/c1-14(2,3)12-7-9-17(10-8-12)15(4,11-16)13-5-6-13/h12-13H,5-11,16H2,1-4H3. The Morgan fingerprint density at radius 2 is 1.47 bits per heavy atom. The van der Waals surface area contributed by atoms with Crippen LogP contribution in [0.25, 0.3) is 0 Å². The maximum Gasteiger partial charge on any atom is 0.0331 e. The third kappa shape index (κ3) is 2.68. The molecule has 1 unspecified atom stereocenters. The van der Waals surface area contributed by atoms with Crippen LogP contribution in [-0.4, -0.2) is 30.1 Å². The summed E-state index contributed by atoms with van der Waals surface area (Å²) in [6.45, 7) is 12.9. The summed E-state index contributed by atoms with van der Waals surface area (Å²) < 4.78 is 0. The molecule has 1 atom stereocenters. The van der Waals surface area contributed by atoms with Gasteiger partial charge in [-0.15, -0.1) is 0 Å². The molecular weight excluding hydrogens is 208 g/mol. The Kier molecular flexibility index (Phi) is 3.57. The molecule has 2 fully saturated rings. The number of hydrogen-bond acceptors (Lipinski definition) is 2. The highest BCUT2D eigenvalue weighted by Gasteiger charge is 2.45. The lowest BCUT2D eigenvalue weighted by Gasteiger charge is -2.47. The molecule has 1 saturated heterocycles. The van der Waals surface area contributed by atoms with Crippen LogP contribution in [0.5, 0.6) is 0 Å². The van der Waals surface area contributed by atoms with E-state index in [2.05, 4.69) is 32.6 Å². The maximum atomic E-state index is 6.06. The molecule has 2 heteroatoms. The maximum absolute atomic E-state index is 6.06. The fourth-order valence-electron chi connectivity index (χ4n) is 3.52. The Balaban J connectivity index is 1.94. The molecule has 1 heterocycles. The number of nitrogens with zero attached hydrogens (tertiary/aromatic N) is 1. The van der Waals surface area contributed by atoms with Gasteiger partial charge in [0.15, 0.2) is 0 Å². The quantitative estimate of drug-likeness (QED) is 0.819. The van der Waals surface area contributed by atoms with Gasteiger partial charge >= 0.3 is 0 Å². The number of hydrogen-bond donors (Lipinski definition) is 1. The first-order valence-electron chi connectivity index (χ1n) is 7.33. The third-order valence-corrected chi connectivity index (χ3v) is 5.31. The van der Waals surface area contributed by atoms with Crippen LogP contribution < -0.4 is 5.73 Å². The van der Waals surface area contributed by atoms with E-state index in [-0.39, 0.29) is 0 Å². The zero-order chi connectivity index (χ0) is 12.7. The van der Waals surface area contributed by atoms with Crippen LogP contribution in [0.3, 0.4) is 0 Å².